The highest BCUT2D eigenvalue weighted by Crippen LogP contribution is 2.65. The first-order chi connectivity index (χ1) is 34.2. The minimum atomic E-state index is -0.528. The highest BCUT2D eigenvalue weighted by atomic mass is 16.3. The molecule has 0 amide bonds. The van der Waals surface area contributed by atoms with Crippen LogP contribution in [-0.4, -0.2) is 0 Å². The van der Waals surface area contributed by atoms with Gasteiger partial charge in [-0.15, -0.1) is 0 Å². The predicted octanol–water partition coefficient (Wildman–Crippen LogP) is 18.2. The van der Waals surface area contributed by atoms with E-state index in [0.29, 0.717) is 0 Å². The topological polar surface area (TPSA) is 16.4 Å². The molecule has 1 spiro atoms. The summed E-state index contributed by atoms with van der Waals surface area (Å²) in [6.07, 6.45) is 0. The Bertz CT molecular complexity index is 4170. The second kappa shape index (κ2) is 14.5. The molecule has 0 saturated heterocycles. The van der Waals surface area contributed by atoms with Gasteiger partial charge in [0.1, 0.15) is 11.2 Å². The van der Waals surface area contributed by atoms with Gasteiger partial charge < -0.3 is 9.32 Å². The number of anilines is 3. The quantitative estimate of drug-likeness (QED) is 0.160. The highest BCUT2D eigenvalue weighted by molar-refractivity contribution is 6.26. The molecule has 0 atom stereocenters. The Balaban J connectivity index is 0.946. The van der Waals surface area contributed by atoms with Crippen LogP contribution in [0.15, 0.2) is 253 Å². The number of benzene rings is 12. The molecule has 0 bridgehead atoms. The van der Waals surface area contributed by atoms with Gasteiger partial charge in [0.15, 0.2) is 0 Å². The van der Waals surface area contributed by atoms with Crippen molar-refractivity contribution >= 4 is 71.3 Å². The van der Waals surface area contributed by atoms with Crippen molar-refractivity contribution in [1.29, 1.82) is 0 Å². The Morgan fingerprint density at radius 1 is 0.275 bits per heavy atom. The fourth-order valence-corrected chi connectivity index (χ4v) is 12.4. The fourth-order valence-electron chi connectivity index (χ4n) is 12.4. The van der Waals surface area contributed by atoms with E-state index in [9.17, 15) is 0 Å². The lowest BCUT2D eigenvalue weighted by atomic mass is 9.70. The molecule has 12 aromatic carbocycles. The van der Waals surface area contributed by atoms with Gasteiger partial charge in [0.05, 0.1) is 11.1 Å². The van der Waals surface area contributed by atoms with Gasteiger partial charge >= 0.3 is 0 Å². The van der Waals surface area contributed by atoms with E-state index in [2.05, 4.69) is 241 Å². The molecule has 13 aromatic rings. The van der Waals surface area contributed by atoms with Crippen LogP contribution in [0.2, 0.25) is 0 Å². The largest absolute Gasteiger partial charge is 0.456 e. The molecular formula is C67H41NO. The van der Waals surface area contributed by atoms with Gasteiger partial charge in [-0.1, -0.05) is 194 Å². The molecule has 2 nitrogen and oxygen atoms in total. The number of para-hydroxylation sites is 1. The van der Waals surface area contributed by atoms with E-state index in [1.165, 1.54) is 76.8 Å². The van der Waals surface area contributed by atoms with Crippen LogP contribution < -0.4 is 4.90 Å². The molecule has 2 aliphatic rings. The van der Waals surface area contributed by atoms with E-state index in [1.807, 2.05) is 12.1 Å². The Hall–Kier alpha value is -8.98. The van der Waals surface area contributed by atoms with Gasteiger partial charge in [-0.2, -0.15) is 0 Å². The molecular weight excluding hydrogens is 835 g/mol. The summed E-state index contributed by atoms with van der Waals surface area (Å²) in [5, 5.41) is 9.84. The summed E-state index contributed by atoms with van der Waals surface area (Å²) in [4.78, 5) is 2.53. The molecule has 1 heterocycles. The smallest absolute Gasteiger partial charge is 0.136 e. The zero-order valence-electron chi connectivity index (χ0n) is 37.5. The van der Waals surface area contributed by atoms with Crippen LogP contribution in [0.25, 0.3) is 98.8 Å². The van der Waals surface area contributed by atoms with Crippen LogP contribution in [0, 0.1) is 0 Å². The Labute approximate surface area is 399 Å². The lowest BCUT2D eigenvalue weighted by Gasteiger charge is -2.36. The van der Waals surface area contributed by atoms with Crippen molar-refractivity contribution < 1.29 is 4.42 Å². The number of hydrogen-bond donors (Lipinski definition) is 0. The summed E-state index contributed by atoms with van der Waals surface area (Å²) in [5.41, 5.74) is 19.7. The van der Waals surface area contributed by atoms with Crippen molar-refractivity contribution in [3.8, 4) is 44.5 Å². The molecule has 69 heavy (non-hydrogen) atoms. The number of furan rings is 1. The Morgan fingerprint density at radius 2 is 0.725 bits per heavy atom. The summed E-state index contributed by atoms with van der Waals surface area (Å²) in [6.45, 7) is 0. The Morgan fingerprint density at radius 3 is 1.39 bits per heavy atom. The van der Waals surface area contributed by atoms with E-state index in [4.69, 9.17) is 4.42 Å². The third-order valence-corrected chi connectivity index (χ3v) is 15.3. The molecule has 0 unspecified atom stereocenters. The summed E-state index contributed by atoms with van der Waals surface area (Å²) in [6, 6.07) is 92.0. The van der Waals surface area contributed by atoms with Crippen LogP contribution in [0.4, 0.5) is 17.1 Å². The minimum Gasteiger partial charge on any atom is -0.456 e. The Kier molecular flexibility index (Phi) is 8.02. The van der Waals surface area contributed by atoms with E-state index in [1.54, 1.807) is 0 Å². The average molecular weight is 876 g/mol. The molecule has 2 heteroatoms. The summed E-state index contributed by atoms with van der Waals surface area (Å²) >= 11 is 0. The molecule has 0 aliphatic heterocycles. The van der Waals surface area contributed by atoms with Gasteiger partial charge in [0, 0.05) is 27.7 Å². The molecule has 0 fully saturated rings. The van der Waals surface area contributed by atoms with Gasteiger partial charge in [-0.05, 0) is 148 Å². The molecule has 2 aliphatic carbocycles. The number of rotatable bonds is 5. The molecule has 1 aromatic heterocycles. The third-order valence-electron chi connectivity index (χ3n) is 15.3. The van der Waals surface area contributed by atoms with Gasteiger partial charge in [-0.3, -0.25) is 0 Å². The second-order valence-electron chi connectivity index (χ2n) is 18.7. The number of nitrogens with zero attached hydrogens (tertiary/aromatic N) is 1. The minimum absolute atomic E-state index is 0.528. The fraction of sp³-hybridized carbons (Fsp3) is 0.0149. The van der Waals surface area contributed by atoms with E-state index in [0.717, 1.165) is 61.3 Å². The first kappa shape index (κ1) is 38.2. The number of fused-ring (bicyclic) bond motifs is 19. The molecule has 15 rings (SSSR count). The van der Waals surface area contributed by atoms with Crippen LogP contribution in [0.3, 0.4) is 0 Å². The van der Waals surface area contributed by atoms with Crippen molar-refractivity contribution in [2.45, 2.75) is 5.41 Å². The lowest BCUT2D eigenvalue weighted by molar-refractivity contribution is 0.669. The predicted molar refractivity (Wildman–Crippen MR) is 288 cm³/mol. The van der Waals surface area contributed by atoms with Crippen molar-refractivity contribution in [2.24, 2.45) is 0 Å². The van der Waals surface area contributed by atoms with Crippen molar-refractivity contribution in [2.75, 3.05) is 4.90 Å². The van der Waals surface area contributed by atoms with Crippen molar-refractivity contribution in [1.82, 2.24) is 0 Å². The average Bonchev–Trinajstić information content (AvgIpc) is 4.05. The van der Waals surface area contributed by atoms with E-state index in [-0.39, 0.29) is 0 Å². The van der Waals surface area contributed by atoms with Crippen LogP contribution in [0.1, 0.15) is 22.3 Å². The van der Waals surface area contributed by atoms with Gasteiger partial charge in [0.2, 0.25) is 0 Å². The maximum Gasteiger partial charge on any atom is 0.136 e. The monoisotopic (exact) mass is 875 g/mol. The first-order valence-electron chi connectivity index (χ1n) is 23.9. The van der Waals surface area contributed by atoms with Crippen LogP contribution in [-0.2, 0) is 5.41 Å². The first-order valence-corrected chi connectivity index (χ1v) is 23.9. The highest BCUT2D eigenvalue weighted by Gasteiger charge is 2.53. The zero-order valence-corrected chi connectivity index (χ0v) is 37.5. The molecule has 320 valence electrons. The van der Waals surface area contributed by atoms with Crippen molar-refractivity contribution in [3.05, 3.63) is 271 Å². The second-order valence-corrected chi connectivity index (χ2v) is 18.7. The van der Waals surface area contributed by atoms with Crippen molar-refractivity contribution in [3.63, 3.8) is 0 Å². The third kappa shape index (κ3) is 5.37. The summed E-state index contributed by atoms with van der Waals surface area (Å²) in [7, 11) is 0. The standard InChI is InChI=1S/C67H41NO/c1-2-19-50-48(17-1)49-18-3-4-20-51(49)59-41-47(36-38-52(50)59)68(46-34-31-42(32-35-46)43-15-13-16-44(39-43)45-33-37-57-56-24-8-12-30-64(56)69-65(57)40-45)63-29-14-25-58-55-23-7-11-28-62(55)67(66(58)63)60-26-9-5-21-53(60)54-22-6-10-27-61(54)67/h1-41H. The van der Waals surface area contributed by atoms with Crippen LogP contribution in [0.5, 0.6) is 0 Å². The number of hydrogen-bond acceptors (Lipinski definition) is 2. The lowest BCUT2D eigenvalue weighted by Crippen LogP contribution is -2.28. The molecule has 0 N–H and O–H groups in total. The van der Waals surface area contributed by atoms with Gasteiger partial charge in [-0.25, -0.2) is 0 Å². The normalized spacial score (nSPS) is 13.0. The molecule has 0 radical (unpaired) electrons. The van der Waals surface area contributed by atoms with E-state index < -0.39 is 5.41 Å². The van der Waals surface area contributed by atoms with E-state index >= 15 is 0 Å². The maximum absolute atomic E-state index is 6.31. The molecule has 0 saturated carbocycles. The van der Waals surface area contributed by atoms with Crippen LogP contribution >= 0.6 is 0 Å². The van der Waals surface area contributed by atoms with Gasteiger partial charge in [0.25, 0.3) is 0 Å². The SMILES string of the molecule is c1cc(-c2ccc(N(c3ccc4c5ccccc5c5ccccc5c4c3)c3cccc4c3C3(c5ccccc5-c5ccccc53)c3ccccc3-4)cc2)cc(-c2ccc3c(c2)oc2ccccc23)c1. The maximum atomic E-state index is 6.31. The zero-order chi connectivity index (χ0) is 45.2. The summed E-state index contributed by atoms with van der Waals surface area (Å²) < 4.78 is 6.31. The summed E-state index contributed by atoms with van der Waals surface area (Å²) in [5.74, 6) is 0.